The van der Waals surface area contributed by atoms with Crippen molar-refractivity contribution in [2.24, 2.45) is 23.7 Å². The first-order valence-electron chi connectivity index (χ1n) is 19.0. The Kier molecular flexibility index (Phi) is 13.3. The lowest BCUT2D eigenvalue weighted by molar-refractivity contribution is -0.281. The quantitative estimate of drug-likeness (QED) is 0.291. The maximum atomic E-state index is 14.6. The number of nitrogens with one attached hydrogen (secondary N) is 1. The van der Waals surface area contributed by atoms with E-state index < -0.39 is 90.3 Å². The first kappa shape index (κ1) is 41.3. The standard InChI is InChI=1S/C40H56N4O10/c1-10-30-40(7)37(43-39(49)54-40)24(5)33(47)23(4)35(50-18-12-14-26-13-11-15-27-32(26)42-17-16-41-27)25(6)36(22(3)29(45)20-31(46)52-30)53-38-34(48)28(44(8)9)19-21(2)51-38/h11-17,21-25,28,30,34-38,48H,10,18-20H2,1-9H3,(H,43,49)/b14-12+/t21-,22+,23+,24-,25-,28+,30+,34-,35+,36-,37?,38+,40-/m1/s1. The Hall–Kier alpha value is -3.82. The van der Waals surface area contributed by atoms with Crippen molar-refractivity contribution in [2.45, 2.75) is 122 Å². The number of carbonyl (C=O) groups excluding carboxylic acids is 4. The molecule has 3 saturated heterocycles. The van der Waals surface area contributed by atoms with E-state index in [1.54, 1.807) is 47.0 Å². The molecule has 14 nitrogen and oxygen atoms in total. The van der Waals surface area contributed by atoms with Crippen LogP contribution in [-0.4, -0.2) is 119 Å². The molecule has 1 amide bonds. The molecule has 5 rings (SSSR count). The van der Waals surface area contributed by atoms with Crippen molar-refractivity contribution < 1.29 is 48.0 Å². The molecule has 13 atom stereocenters. The number of Topliss-reactive ketones (excluding diaryl/α,β-unsaturated/α-hetero) is 2. The molecular formula is C40H56N4O10. The molecule has 296 valence electrons. The van der Waals surface area contributed by atoms with Crippen LogP contribution < -0.4 is 5.32 Å². The van der Waals surface area contributed by atoms with Crippen molar-refractivity contribution in [3.05, 3.63) is 42.2 Å². The topological polar surface area (TPSA) is 176 Å². The number of ketones is 2. The van der Waals surface area contributed by atoms with Gasteiger partial charge in [-0.15, -0.1) is 0 Å². The third kappa shape index (κ3) is 8.68. The monoisotopic (exact) mass is 752 g/mol. The molecule has 14 heteroatoms. The molecule has 0 saturated carbocycles. The minimum atomic E-state index is -1.39. The molecule has 2 N–H and O–H groups in total. The lowest BCUT2D eigenvalue weighted by Crippen LogP contribution is -2.58. The van der Waals surface area contributed by atoms with Gasteiger partial charge in [-0.3, -0.25) is 24.4 Å². The zero-order valence-corrected chi connectivity index (χ0v) is 32.8. The molecule has 1 unspecified atom stereocenters. The van der Waals surface area contributed by atoms with Crippen molar-refractivity contribution in [1.29, 1.82) is 0 Å². The highest BCUT2D eigenvalue weighted by atomic mass is 16.7. The Bertz CT molecular complexity index is 1700. The third-order valence-electron chi connectivity index (χ3n) is 11.5. The fourth-order valence-corrected chi connectivity index (χ4v) is 8.42. The van der Waals surface area contributed by atoms with E-state index in [-0.39, 0.29) is 31.0 Å². The second-order valence-electron chi connectivity index (χ2n) is 15.5. The highest BCUT2D eigenvalue weighted by Gasteiger charge is 2.56. The minimum absolute atomic E-state index is 0.0836. The summed E-state index contributed by atoms with van der Waals surface area (Å²) in [6.07, 6.45) is 1.34. The van der Waals surface area contributed by atoms with Crippen LogP contribution in [0.1, 0.15) is 73.3 Å². The van der Waals surface area contributed by atoms with Gasteiger partial charge in [0.15, 0.2) is 11.9 Å². The van der Waals surface area contributed by atoms with E-state index in [1.165, 1.54) is 0 Å². The summed E-state index contributed by atoms with van der Waals surface area (Å²) in [4.78, 5) is 65.4. The number of esters is 1. The molecular weight excluding hydrogens is 696 g/mol. The van der Waals surface area contributed by atoms with Crippen LogP contribution in [0.3, 0.4) is 0 Å². The summed E-state index contributed by atoms with van der Waals surface area (Å²) in [5.41, 5.74) is 0.920. The van der Waals surface area contributed by atoms with E-state index in [4.69, 9.17) is 23.7 Å². The van der Waals surface area contributed by atoms with E-state index in [1.807, 2.05) is 63.2 Å². The van der Waals surface area contributed by atoms with E-state index in [9.17, 15) is 24.3 Å². The lowest BCUT2D eigenvalue weighted by atomic mass is 9.74. The molecule has 0 radical (unpaired) electrons. The number of cyclic esters (lactones) is 1. The second kappa shape index (κ2) is 17.3. The summed E-state index contributed by atoms with van der Waals surface area (Å²) in [6, 6.07) is 4.56. The van der Waals surface area contributed by atoms with Gasteiger partial charge in [0.25, 0.3) is 0 Å². The predicted molar refractivity (Wildman–Crippen MR) is 199 cm³/mol. The summed E-state index contributed by atoms with van der Waals surface area (Å²) in [6.45, 7) is 12.4. The number of hydrogen-bond donors (Lipinski definition) is 2. The Labute approximate surface area is 317 Å². The molecule has 3 aliphatic heterocycles. The first-order chi connectivity index (χ1) is 25.6. The lowest BCUT2D eigenvalue weighted by Gasteiger charge is -2.45. The van der Waals surface area contributed by atoms with Crippen LogP contribution in [0.15, 0.2) is 36.7 Å². The number of alkyl carbamates (subject to hydrolysis) is 1. The van der Waals surface area contributed by atoms with Crippen molar-refractivity contribution in [1.82, 2.24) is 20.2 Å². The smallest absolute Gasteiger partial charge is 0.408 e. The SMILES string of the molecule is CC[C@@H]1OC(=O)CC(=O)[C@H](C)[C@@H](O[C@@H]2O[C@H](C)C[C@H](N(C)C)[C@H]2O)[C@H](C)[C@@H](OC/C=C/c2cccc3nccnc23)[C@@H](C)C(=O)[C@@H](C)C2NC(=O)O[C@@]21C. The van der Waals surface area contributed by atoms with Crippen LogP contribution in [0.2, 0.25) is 0 Å². The summed E-state index contributed by atoms with van der Waals surface area (Å²) in [5.74, 6) is -4.61. The zero-order chi connectivity index (χ0) is 39.5. The predicted octanol–water partition coefficient (Wildman–Crippen LogP) is 4.11. The average molecular weight is 753 g/mol. The minimum Gasteiger partial charge on any atom is -0.458 e. The first-order valence-corrected chi connectivity index (χ1v) is 19.0. The molecule has 1 aromatic carbocycles. The van der Waals surface area contributed by atoms with E-state index in [0.717, 1.165) is 16.6 Å². The van der Waals surface area contributed by atoms with Crippen molar-refractivity contribution in [3.8, 4) is 0 Å². The van der Waals surface area contributed by atoms with E-state index in [0.29, 0.717) is 6.42 Å². The number of carbonyl (C=O) groups is 4. The molecule has 3 aliphatic rings. The highest BCUT2D eigenvalue weighted by Crippen LogP contribution is 2.38. The van der Waals surface area contributed by atoms with Crippen LogP contribution >= 0.6 is 0 Å². The number of rotatable bonds is 8. The van der Waals surface area contributed by atoms with E-state index in [2.05, 4.69) is 15.3 Å². The number of nitrogens with zero attached hydrogens (tertiary/aromatic N) is 3. The van der Waals surface area contributed by atoms with E-state index >= 15 is 0 Å². The number of hydrogen-bond acceptors (Lipinski definition) is 13. The third-order valence-corrected chi connectivity index (χ3v) is 11.5. The Morgan fingerprint density at radius 2 is 1.74 bits per heavy atom. The largest absolute Gasteiger partial charge is 0.458 e. The van der Waals surface area contributed by atoms with Crippen molar-refractivity contribution >= 4 is 40.7 Å². The second-order valence-corrected chi connectivity index (χ2v) is 15.5. The van der Waals surface area contributed by atoms with Gasteiger partial charge in [-0.1, -0.05) is 58.9 Å². The number of aromatic nitrogens is 2. The fraction of sp³-hybridized carbons (Fsp3) is 0.650. The normalized spacial score (nSPS) is 37.2. The van der Waals surface area contributed by atoms with Crippen LogP contribution in [0.5, 0.6) is 0 Å². The van der Waals surface area contributed by atoms with Gasteiger partial charge in [0.1, 0.15) is 30.2 Å². The number of para-hydroxylation sites is 1. The van der Waals surface area contributed by atoms with Gasteiger partial charge in [-0.25, -0.2) is 4.79 Å². The number of amides is 1. The zero-order valence-electron chi connectivity index (χ0n) is 32.8. The molecule has 0 bridgehead atoms. The van der Waals surface area contributed by atoms with Gasteiger partial charge < -0.3 is 39.0 Å². The average Bonchev–Trinajstić information content (AvgIpc) is 3.46. The van der Waals surface area contributed by atoms with Gasteiger partial charge in [-0.2, -0.15) is 0 Å². The van der Waals surface area contributed by atoms with Crippen LogP contribution in [0.25, 0.3) is 17.1 Å². The molecule has 0 spiro atoms. The van der Waals surface area contributed by atoms with Gasteiger partial charge >= 0.3 is 12.1 Å². The number of ether oxygens (including phenoxy) is 5. The van der Waals surface area contributed by atoms with Crippen LogP contribution in [-0.2, 0) is 38.1 Å². The Balaban J connectivity index is 1.53. The Morgan fingerprint density at radius 1 is 1.02 bits per heavy atom. The number of fused-ring (bicyclic) bond motifs is 2. The summed E-state index contributed by atoms with van der Waals surface area (Å²) in [7, 11) is 3.74. The molecule has 0 aliphatic carbocycles. The molecule has 1 aromatic heterocycles. The van der Waals surface area contributed by atoms with Crippen LogP contribution in [0, 0.1) is 23.7 Å². The van der Waals surface area contributed by atoms with Crippen LogP contribution in [0.4, 0.5) is 4.79 Å². The number of likely N-dealkylation sites (N-methyl/N-ethyl adjacent to an activating group) is 1. The molecule has 54 heavy (non-hydrogen) atoms. The highest BCUT2D eigenvalue weighted by molar-refractivity contribution is 5.97. The van der Waals surface area contributed by atoms with Gasteiger partial charge in [0.05, 0.1) is 42.0 Å². The molecule has 3 fully saturated rings. The number of aliphatic hydroxyl groups is 1. The maximum absolute atomic E-state index is 14.6. The Morgan fingerprint density at radius 3 is 2.44 bits per heavy atom. The number of benzene rings is 1. The van der Waals surface area contributed by atoms with Gasteiger partial charge in [0, 0.05) is 47.7 Å². The number of aliphatic hydroxyl groups excluding tert-OH is 1. The fourth-order valence-electron chi connectivity index (χ4n) is 8.42. The summed E-state index contributed by atoms with van der Waals surface area (Å²) in [5, 5.41) is 14.2. The summed E-state index contributed by atoms with van der Waals surface area (Å²) >= 11 is 0. The van der Waals surface area contributed by atoms with Gasteiger partial charge in [0.2, 0.25) is 0 Å². The van der Waals surface area contributed by atoms with Crippen molar-refractivity contribution in [3.63, 3.8) is 0 Å². The summed E-state index contributed by atoms with van der Waals surface area (Å²) < 4.78 is 30.9. The van der Waals surface area contributed by atoms with Gasteiger partial charge in [-0.05, 0) is 46.9 Å². The maximum Gasteiger partial charge on any atom is 0.408 e. The van der Waals surface area contributed by atoms with Crippen molar-refractivity contribution in [2.75, 3.05) is 20.7 Å². The molecule has 2 aromatic rings. The molecule has 4 heterocycles.